The maximum Gasteiger partial charge on any atom is 0.287 e. The van der Waals surface area contributed by atoms with Gasteiger partial charge in [0.05, 0.1) is 11.1 Å². The molecule has 0 radical (unpaired) electrons. The minimum absolute atomic E-state index is 0.00615. The predicted octanol–water partition coefficient (Wildman–Crippen LogP) is 1.66. The molecule has 0 aromatic carbocycles. The van der Waals surface area contributed by atoms with Crippen molar-refractivity contribution in [1.82, 2.24) is 14.8 Å². The van der Waals surface area contributed by atoms with E-state index in [-0.39, 0.29) is 17.6 Å². The van der Waals surface area contributed by atoms with Crippen LogP contribution in [0.1, 0.15) is 36.8 Å². The van der Waals surface area contributed by atoms with E-state index in [1.807, 2.05) is 20.9 Å². The molecule has 20 heavy (non-hydrogen) atoms. The van der Waals surface area contributed by atoms with Crippen molar-refractivity contribution in [2.24, 2.45) is 0 Å². The molecule has 1 N–H and O–H groups in total. The predicted molar refractivity (Wildman–Crippen MR) is 77.0 cm³/mol. The second-order valence-corrected chi connectivity index (χ2v) is 5.03. The zero-order valence-electron chi connectivity index (χ0n) is 12.4. The summed E-state index contributed by atoms with van der Waals surface area (Å²) in [5.41, 5.74) is 0.310. The highest BCUT2D eigenvalue weighted by atomic mass is 16.6. The van der Waals surface area contributed by atoms with Crippen LogP contribution in [0, 0.1) is 10.1 Å². The Morgan fingerprint density at radius 3 is 2.70 bits per heavy atom. The van der Waals surface area contributed by atoms with Gasteiger partial charge in [-0.05, 0) is 33.9 Å². The average Bonchev–Trinajstić information content (AvgIpc) is 2.83. The molecule has 0 unspecified atom stereocenters. The highest BCUT2D eigenvalue weighted by molar-refractivity contribution is 5.93. The molecule has 112 valence electrons. The summed E-state index contributed by atoms with van der Waals surface area (Å²) >= 11 is 0. The van der Waals surface area contributed by atoms with Crippen molar-refractivity contribution in [2.75, 3.05) is 27.2 Å². The quantitative estimate of drug-likeness (QED) is 0.468. The van der Waals surface area contributed by atoms with E-state index in [1.54, 1.807) is 16.5 Å². The lowest BCUT2D eigenvalue weighted by atomic mass is 10.3. The van der Waals surface area contributed by atoms with Crippen molar-refractivity contribution in [1.29, 1.82) is 0 Å². The lowest BCUT2D eigenvalue weighted by Crippen LogP contribution is -2.31. The van der Waals surface area contributed by atoms with Gasteiger partial charge in [-0.2, -0.15) is 0 Å². The zero-order chi connectivity index (χ0) is 15.3. The molecule has 1 amide bonds. The van der Waals surface area contributed by atoms with Crippen molar-refractivity contribution in [3.63, 3.8) is 0 Å². The molecule has 0 atom stereocenters. The van der Waals surface area contributed by atoms with Gasteiger partial charge in [0, 0.05) is 25.7 Å². The minimum atomic E-state index is -0.476. The standard InChI is InChI=1S/C13H22N4O3/c1-10(2)16-9-11(17(19)20)8-12(16)13(18)15(4)7-5-6-14-3/h8-10,14H,5-7H2,1-4H3. The highest BCUT2D eigenvalue weighted by Crippen LogP contribution is 2.21. The number of hydrogen-bond donors (Lipinski definition) is 1. The Morgan fingerprint density at radius 1 is 1.55 bits per heavy atom. The van der Waals surface area contributed by atoms with Crippen LogP contribution in [-0.4, -0.2) is 47.5 Å². The van der Waals surface area contributed by atoms with Gasteiger partial charge in [-0.3, -0.25) is 14.9 Å². The lowest BCUT2D eigenvalue weighted by molar-refractivity contribution is -0.384. The van der Waals surface area contributed by atoms with Crippen LogP contribution in [0.25, 0.3) is 0 Å². The zero-order valence-corrected chi connectivity index (χ0v) is 12.4. The van der Waals surface area contributed by atoms with Crippen LogP contribution < -0.4 is 5.32 Å². The minimum Gasteiger partial charge on any atom is -0.340 e. The van der Waals surface area contributed by atoms with E-state index < -0.39 is 4.92 Å². The number of amides is 1. The Hall–Kier alpha value is -1.89. The molecule has 0 aliphatic rings. The molecule has 0 spiro atoms. The van der Waals surface area contributed by atoms with Crippen molar-refractivity contribution in [2.45, 2.75) is 26.3 Å². The molecular weight excluding hydrogens is 260 g/mol. The Balaban J connectivity index is 2.93. The molecule has 1 aromatic rings. The molecule has 0 bridgehead atoms. The second kappa shape index (κ2) is 7.04. The van der Waals surface area contributed by atoms with Gasteiger partial charge in [-0.1, -0.05) is 0 Å². The van der Waals surface area contributed by atoms with Crippen LogP contribution in [0.2, 0.25) is 0 Å². The van der Waals surface area contributed by atoms with Crippen molar-refractivity contribution < 1.29 is 9.72 Å². The molecule has 1 rings (SSSR count). The molecule has 1 aromatic heterocycles. The largest absolute Gasteiger partial charge is 0.340 e. The molecule has 7 nitrogen and oxygen atoms in total. The molecule has 0 saturated heterocycles. The smallest absolute Gasteiger partial charge is 0.287 e. The topological polar surface area (TPSA) is 80.4 Å². The summed E-state index contributed by atoms with van der Waals surface area (Å²) in [5.74, 6) is -0.192. The van der Waals surface area contributed by atoms with Crippen molar-refractivity contribution >= 4 is 11.6 Å². The Kier molecular flexibility index (Phi) is 5.69. The lowest BCUT2D eigenvalue weighted by Gasteiger charge is -2.19. The molecule has 0 aliphatic heterocycles. The highest BCUT2D eigenvalue weighted by Gasteiger charge is 2.22. The molecule has 0 aliphatic carbocycles. The summed E-state index contributed by atoms with van der Waals surface area (Å²) in [6.07, 6.45) is 2.25. The number of nitro groups is 1. The van der Waals surface area contributed by atoms with Gasteiger partial charge in [0.1, 0.15) is 5.69 Å². The van der Waals surface area contributed by atoms with Crippen molar-refractivity contribution in [3.8, 4) is 0 Å². The van der Waals surface area contributed by atoms with Gasteiger partial charge < -0.3 is 14.8 Å². The first-order valence-corrected chi connectivity index (χ1v) is 6.64. The molecular formula is C13H22N4O3. The Bertz CT molecular complexity index is 482. The maximum absolute atomic E-state index is 12.4. The van der Waals surface area contributed by atoms with E-state index >= 15 is 0 Å². The fraction of sp³-hybridized carbons (Fsp3) is 0.615. The third kappa shape index (κ3) is 3.80. The van der Waals surface area contributed by atoms with Gasteiger partial charge in [0.25, 0.3) is 11.6 Å². The van der Waals surface area contributed by atoms with Gasteiger partial charge >= 0.3 is 0 Å². The number of aromatic nitrogens is 1. The summed E-state index contributed by atoms with van der Waals surface area (Å²) in [6, 6.07) is 1.34. The number of carbonyl (C=O) groups is 1. The van der Waals surface area contributed by atoms with Gasteiger partial charge in [-0.15, -0.1) is 0 Å². The van der Waals surface area contributed by atoms with Crippen LogP contribution in [0.5, 0.6) is 0 Å². The van der Waals surface area contributed by atoms with E-state index in [2.05, 4.69) is 5.32 Å². The number of nitrogens with zero attached hydrogens (tertiary/aromatic N) is 3. The number of nitrogens with one attached hydrogen (secondary N) is 1. The van der Waals surface area contributed by atoms with Gasteiger partial charge in [-0.25, -0.2) is 0 Å². The summed E-state index contributed by atoms with van der Waals surface area (Å²) in [6.45, 7) is 5.21. The molecule has 0 fully saturated rings. The summed E-state index contributed by atoms with van der Waals surface area (Å²) < 4.78 is 1.65. The first-order chi connectivity index (χ1) is 9.38. The van der Waals surface area contributed by atoms with E-state index in [0.29, 0.717) is 12.2 Å². The SMILES string of the molecule is CNCCCN(C)C(=O)c1cc([N+](=O)[O-])cn1C(C)C. The monoisotopic (exact) mass is 282 g/mol. The Labute approximate surface area is 118 Å². The first kappa shape index (κ1) is 16.2. The van der Waals surface area contributed by atoms with Crippen LogP contribution in [0.4, 0.5) is 5.69 Å². The maximum atomic E-state index is 12.4. The fourth-order valence-electron chi connectivity index (χ4n) is 1.95. The summed E-state index contributed by atoms with van der Waals surface area (Å²) in [7, 11) is 3.57. The van der Waals surface area contributed by atoms with E-state index in [0.717, 1.165) is 13.0 Å². The van der Waals surface area contributed by atoms with Crippen LogP contribution in [-0.2, 0) is 0 Å². The number of hydrogen-bond acceptors (Lipinski definition) is 4. The van der Waals surface area contributed by atoms with E-state index in [4.69, 9.17) is 0 Å². The Morgan fingerprint density at radius 2 is 2.20 bits per heavy atom. The molecule has 1 heterocycles. The third-order valence-electron chi connectivity index (χ3n) is 3.09. The second-order valence-electron chi connectivity index (χ2n) is 5.03. The average molecular weight is 282 g/mol. The fourth-order valence-corrected chi connectivity index (χ4v) is 1.95. The van der Waals surface area contributed by atoms with Crippen molar-refractivity contribution in [3.05, 3.63) is 28.1 Å². The normalized spacial score (nSPS) is 10.8. The molecule has 7 heteroatoms. The number of carbonyl (C=O) groups excluding carboxylic acids is 1. The number of rotatable bonds is 7. The van der Waals surface area contributed by atoms with E-state index in [9.17, 15) is 14.9 Å². The molecule has 0 saturated carbocycles. The van der Waals surface area contributed by atoms with Crippen LogP contribution in [0.3, 0.4) is 0 Å². The summed E-state index contributed by atoms with van der Waals surface area (Å²) in [5, 5.41) is 13.9. The van der Waals surface area contributed by atoms with E-state index in [1.165, 1.54) is 12.3 Å². The summed E-state index contributed by atoms with van der Waals surface area (Å²) in [4.78, 5) is 24.3. The van der Waals surface area contributed by atoms with Crippen LogP contribution >= 0.6 is 0 Å². The first-order valence-electron chi connectivity index (χ1n) is 6.64. The van der Waals surface area contributed by atoms with Gasteiger partial charge in [0.2, 0.25) is 0 Å². The van der Waals surface area contributed by atoms with Gasteiger partial charge in [0.15, 0.2) is 0 Å². The third-order valence-corrected chi connectivity index (χ3v) is 3.09. The van der Waals surface area contributed by atoms with Crippen LogP contribution in [0.15, 0.2) is 12.3 Å².